The fourth-order valence-corrected chi connectivity index (χ4v) is 4.69. The number of nitrogens with zero attached hydrogens (tertiary/aromatic N) is 1. The van der Waals surface area contributed by atoms with Crippen molar-refractivity contribution >= 4 is 21.7 Å². The van der Waals surface area contributed by atoms with Crippen LogP contribution in [-0.4, -0.2) is 26.5 Å². The molecular formula is C18H27N3O3S. The van der Waals surface area contributed by atoms with Crippen LogP contribution in [0.3, 0.4) is 0 Å². The number of aliphatic imine (C=N–C) groups is 1. The Hall–Kier alpha value is -1.89. The highest BCUT2D eigenvalue weighted by molar-refractivity contribution is 7.90. The molecule has 1 aliphatic rings. The predicted octanol–water partition coefficient (Wildman–Crippen LogP) is 2.36. The zero-order chi connectivity index (χ0) is 18.8. The van der Waals surface area contributed by atoms with Crippen molar-refractivity contribution in [3.8, 4) is 0 Å². The number of amides is 1. The SMILES string of the molecule is CCCc1cc(C2CCCC2C)c(S(C)(=O)=O)cc1C(=O)N=C(N)N. The number of benzene rings is 1. The molecule has 1 aromatic rings. The Morgan fingerprint density at radius 2 is 1.96 bits per heavy atom. The van der Waals surface area contributed by atoms with Crippen LogP contribution in [-0.2, 0) is 16.3 Å². The molecule has 0 aromatic heterocycles. The summed E-state index contributed by atoms with van der Waals surface area (Å²) in [6.45, 7) is 4.17. The molecule has 6 nitrogen and oxygen atoms in total. The van der Waals surface area contributed by atoms with Gasteiger partial charge in [0.05, 0.1) is 4.90 Å². The molecule has 0 bridgehead atoms. The van der Waals surface area contributed by atoms with Crippen molar-refractivity contribution in [1.29, 1.82) is 0 Å². The van der Waals surface area contributed by atoms with Gasteiger partial charge in [-0.25, -0.2) is 8.42 Å². The quantitative estimate of drug-likeness (QED) is 0.614. The third-order valence-corrected chi connectivity index (χ3v) is 6.03. The molecule has 1 fully saturated rings. The number of rotatable bonds is 5. The second-order valence-electron chi connectivity index (χ2n) is 6.93. The van der Waals surface area contributed by atoms with E-state index in [1.807, 2.05) is 13.0 Å². The van der Waals surface area contributed by atoms with E-state index >= 15 is 0 Å². The van der Waals surface area contributed by atoms with Gasteiger partial charge in [-0.15, -0.1) is 0 Å². The van der Waals surface area contributed by atoms with Crippen molar-refractivity contribution < 1.29 is 13.2 Å². The molecule has 4 N–H and O–H groups in total. The van der Waals surface area contributed by atoms with E-state index in [0.29, 0.717) is 12.3 Å². The van der Waals surface area contributed by atoms with Gasteiger partial charge in [0.15, 0.2) is 15.8 Å². The van der Waals surface area contributed by atoms with Gasteiger partial charge in [0.1, 0.15) is 0 Å². The van der Waals surface area contributed by atoms with Crippen molar-refractivity contribution in [2.24, 2.45) is 22.4 Å². The van der Waals surface area contributed by atoms with Crippen molar-refractivity contribution in [3.05, 3.63) is 28.8 Å². The first kappa shape index (κ1) is 19.4. The minimum absolute atomic E-state index is 0.201. The monoisotopic (exact) mass is 365 g/mol. The van der Waals surface area contributed by atoms with Crippen LogP contribution in [0.5, 0.6) is 0 Å². The minimum atomic E-state index is -3.47. The second kappa shape index (κ2) is 7.56. The molecule has 25 heavy (non-hydrogen) atoms. The standard InChI is InChI=1S/C18H27N3O3S/c1-4-6-12-9-15(13-8-5-7-11(13)2)16(25(3,23)24)10-14(12)17(22)21-18(19)20/h9-11,13H,4-8H2,1-3H3,(H4,19,20,21,22). The molecule has 138 valence electrons. The molecule has 2 unspecified atom stereocenters. The summed E-state index contributed by atoms with van der Waals surface area (Å²) in [6, 6.07) is 3.36. The van der Waals surface area contributed by atoms with Gasteiger partial charge in [0.25, 0.3) is 5.91 Å². The highest BCUT2D eigenvalue weighted by Crippen LogP contribution is 2.42. The van der Waals surface area contributed by atoms with Crippen LogP contribution >= 0.6 is 0 Å². The lowest BCUT2D eigenvalue weighted by Gasteiger charge is -2.21. The van der Waals surface area contributed by atoms with E-state index < -0.39 is 15.7 Å². The summed E-state index contributed by atoms with van der Waals surface area (Å²) in [4.78, 5) is 16.2. The fraction of sp³-hybridized carbons (Fsp3) is 0.556. The van der Waals surface area contributed by atoms with Gasteiger partial charge >= 0.3 is 0 Å². The van der Waals surface area contributed by atoms with E-state index in [4.69, 9.17) is 11.5 Å². The predicted molar refractivity (Wildman–Crippen MR) is 99.4 cm³/mol. The molecule has 1 saturated carbocycles. The van der Waals surface area contributed by atoms with Gasteiger partial charge in [-0.1, -0.05) is 39.2 Å². The molecule has 1 aliphatic carbocycles. The number of carbonyl (C=O) groups is 1. The molecule has 0 saturated heterocycles. The minimum Gasteiger partial charge on any atom is -0.370 e. The zero-order valence-electron chi connectivity index (χ0n) is 15.1. The fourth-order valence-electron chi connectivity index (χ4n) is 3.71. The van der Waals surface area contributed by atoms with Gasteiger partial charge in [-0.05, 0) is 41.9 Å². The van der Waals surface area contributed by atoms with E-state index in [2.05, 4.69) is 11.9 Å². The van der Waals surface area contributed by atoms with E-state index in [9.17, 15) is 13.2 Å². The Morgan fingerprint density at radius 1 is 1.28 bits per heavy atom. The lowest BCUT2D eigenvalue weighted by Crippen LogP contribution is -2.24. The first-order valence-electron chi connectivity index (χ1n) is 8.66. The molecule has 7 heteroatoms. The average molecular weight is 365 g/mol. The molecule has 0 spiro atoms. The number of hydrogen-bond acceptors (Lipinski definition) is 3. The van der Waals surface area contributed by atoms with Crippen molar-refractivity contribution in [3.63, 3.8) is 0 Å². The number of hydrogen-bond donors (Lipinski definition) is 2. The summed E-state index contributed by atoms with van der Waals surface area (Å²) in [7, 11) is -3.47. The molecule has 0 aliphatic heterocycles. The number of nitrogens with two attached hydrogens (primary N) is 2. The van der Waals surface area contributed by atoms with Gasteiger partial charge < -0.3 is 11.5 Å². The maximum absolute atomic E-state index is 12.4. The van der Waals surface area contributed by atoms with Gasteiger partial charge in [0.2, 0.25) is 0 Å². The maximum Gasteiger partial charge on any atom is 0.280 e. The first-order valence-corrected chi connectivity index (χ1v) is 10.5. The Bertz CT molecular complexity index is 796. The first-order chi connectivity index (χ1) is 11.6. The summed E-state index contributed by atoms with van der Waals surface area (Å²) in [5.74, 6) is -0.303. The maximum atomic E-state index is 12.4. The summed E-state index contributed by atoms with van der Waals surface area (Å²) in [5.41, 5.74) is 12.5. The highest BCUT2D eigenvalue weighted by atomic mass is 32.2. The Morgan fingerprint density at radius 3 is 2.44 bits per heavy atom. The normalized spacial score (nSPS) is 20.4. The van der Waals surface area contributed by atoms with Gasteiger partial charge in [-0.3, -0.25) is 4.79 Å². The smallest absolute Gasteiger partial charge is 0.280 e. The molecule has 2 rings (SSSR count). The van der Waals surface area contributed by atoms with Crippen molar-refractivity contribution in [2.45, 2.75) is 56.8 Å². The third kappa shape index (κ3) is 4.39. The number of guanidine groups is 1. The van der Waals surface area contributed by atoms with Crippen LogP contribution in [0, 0.1) is 5.92 Å². The van der Waals surface area contributed by atoms with Crippen LogP contribution in [0.4, 0.5) is 0 Å². The Labute approximate surface area is 149 Å². The summed E-state index contributed by atoms with van der Waals surface area (Å²) in [6.07, 6.45) is 5.83. The Balaban J connectivity index is 2.70. The van der Waals surface area contributed by atoms with Crippen molar-refractivity contribution in [1.82, 2.24) is 0 Å². The molecule has 1 amide bonds. The lowest BCUT2D eigenvalue weighted by atomic mass is 9.87. The number of carbonyl (C=O) groups excluding carboxylic acids is 1. The number of sulfone groups is 1. The van der Waals surface area contributed by atoms with E-state index in [1.165, 1.54) is 12.3 Å². The van der Waals surface area contributed by atoms with Crippen LogP contribution in [0.2, 0.25) is 0 Å². The largest absolute Gasteiger partial charge is 0.370 e. The van der Waals surface area contributed by atoms with Crippen molar-refractivity contribution in [2.75, 3.05) is 6.26 Å². The van der Waals surface area contributed by atoms with Gasteiger partial charge in [0, 0.05) is 11.8 Å². The lowest BCUT2D eigenvalue weighted by molar-refractivity contribution is 0.100. The van der Waals surface area contributed by atoms with Crippen LogP contribution < -0.4 is 11.5 Å². The van der Waals surface area contributed by atoms with Gasteiger partial charge in [-0.2, -0.15) is 4.99 Å². The van der Waals surface area contributed by atoms with E-state index in [1.54, 1.807) is 0 Å². The topological polar surface area (TPSA) is 116 Å². The van der Waals surface area contributed by atoms with Crippen LogP contribution in [0.25, 0.3) is 0 Å². The zero-order valence-corrected chi connectivity index (χ0v) is 15.9. The third-order valence-electron chi connectivity index (χ3n) is 4.88. The molecular weight excluding hydrogens is 338 g/mol. The second-order valence-corrected chi connectivity index (χ2v) is 8.91. The van der Waals surface area contributed by atoms with E-state index in [-0.39, 0.29) is 22.3 Å². The molecule has 0 radical (unpaired) electrons. The van der Waals surface area contributed by atoms with E-state index in [0.717, 1.165) is 36.8 Å². The van der Waals surface area contributed by atoms with Crippen LogP contribution in [0.15, 0.2) is 22.0 Å². The summed E-state index contributed by atoms with van der Waals surface area (Å²) >= 11 is 0. The van der Waals surface area contributed by atoms with Crippen LogP contribution in [0.1, 0.15) is 66.9 Å². The summed E-state index contributed by atoms with van der Waals surface area (Å²) < 4.78 is 24.8. The molecule has 0 heterocycles. The summed E-state index contributed by atoms with van der Waals surface area (Å²) in [5, 5.41) is 0. The molecule has 2 atom stereocenters. The average Bonchev–Trinajstić information content (AvgIpc) is 2.91. The highest BCUT2D eigenvalue weighted by Gasteiger charge is 2.31. The Kier molecular flexibility index (Phi) is 5.87. The number of aryl methyl sites for hydroxylation is 1. The molecule has 1 aromatic carbocycles.